The van der Waals surface area contributed by atoms with Gasteiger partial charge in [0.2, 0.25) is 0 Å². The summed E-state index contributed by atoms with van der Waals surface area (Å²) in [5.74, 6) is 1.06. The molecule has 7 heteroatoms. The van der Waals surface area contributed by atoms with Crippen molar-refractivity contribution in [3.63, 3.8) is 0 Å². The number of hydrogen-bond acceptors (Lipinski definition) is 6. The number of aryl methyl sites for hydroxylation is 2. The predicted octanol–water partition coefficient (Wildman–Crippen LogP) is 1.53. The minimum Gasteiger partial charge on any atom is -0.385 e. The monoisotopic (exact) mass is 307 g/mol. The summed E-state index contributed by atoms with van der Waals surface area (Å²) in [6.45, 7) is 4.84. The zero-order valence-corrected chi connectivity index (χ0v) is 13.3. The normalized spacial score (nSPS) is 19.0. The smallest absolute Gasteiger partial charge is 0.137 e. The van der Waals surface area contributed by atoms with Gasteiger partial charge in [-0.15, -0.1) is 21.5 Å². The summed E-state index contributed by atoms with van der Waals surface area (Å²) < 4.78 is 1.90. The van der Waals surface area contributed by atoms with Gasteiger partial charge in [-0.1, -0.05) is 0 Å². The molecule has 0 amide bonds. The fourth-order valence-corrected chi connectivity index (χ4v) is 3.64. The SMILES string of the molecule is Cc1nnc(CN2CCC([C@H](O)c3nccn3C)CC2)s1. The summed E-state index contributed by atoms with van der Waals surface area (Å²) in [6, 6.07) is 0. The molecule has 1 atom stereocenters. The topological polar surface area (TPSA) is 67.1 Å². The second-order valence-electron chi connectivity index (χ2n) is 5.67. The van der Waals surface area contributed by atoms with E-state index < -0.39 is 6.10 Å². The van der Waals surface area contributed by atoms with Crippen molar-refractivity contribution in [1.82, 2.24) is 24.6 Å². The van der Waals surface area contributed by atoms with Gasteiger partial charge in [0.15, 0.2) is 0 Å². The molecule has 0 bridgehead atoms. The average Bonchev–Trinajstić information content (AvgIpc) is 3.08. The summed E-state index contributed by atoms with van der Waals surface area (Å²) in [5.41, 5.74) is 0. The number of nitrogens with zero attached hydrogens (tertiary/aromatic N) is 5. The molecule has 2 aromatic heterocycles. The fourth-order valence-electron chi connectivity index (χ4n) is 2.89. The molecular formula is C14H21N5OS. The van der Waals surface area contributed by atoms with Gasteiger partial charge >= 0.3 is 0 Å². The molecule has 1 fully saturated rings. The summed E-state index contributed by atoms with van der Waals surface area (Å²) in [7, 11) is 1.93. The van der Waals surface area contributed by atoms with Gasteiger partial charge in [-0.25, -0.2) is 4.98 Å². The van der Waals surface area contributed by atoms with E-state index in [1.54, 1.807) is 17.5 Å². The van der Waals surface area contributed by atoms with Crippen molar-refractivity contribution in [2.75, 3.05) is 13.1 Å². The largest absolute Gasteiger partial charge is 0.385 e. The Morgan fingerprint density at radius 3 is 2.71 bits per heavy atom. The third-order valence-electron chi connectivity index (χ3n) is 4.13. The molecule has 1 saturated heterocycles. The number of aromatic nitrogens is 4. The third-order valence-corrected chi connectivity index (χ3v) is 4.95. The van der Waals surface area contributed by atoms with Gasteiger partial charge in [-0.05, 0) is 38.8 Å². The highest BCUT2D eigenvalue weighted by atomic mass is 32.1. The Balaban J connectivity index is 1.54. The number of likely N-dealkylation sites (tertiary alicyclic amines) is 1. The molecule has 6 nitrogen and oxygen atoms in total. The lowest BCUT2D eigenvalue weighted by Gasteiger charge is -2.33. The minimum atomic E-state index is -0.462. The average molecular weight is 307 g/mol. The van der Waals surface area contributed by atoms with Gasteiger partial charge in [0, 0.05) is 19.4 Å². The highest BCUT2D eigenvalue weighted by molar-refractivity contribution is 7.11. The third kappa shape index (κ3) is 3.30. The highest BCUT2D eigenvalue weighted by Gasteiger charge is 2.28. The number of rotatable bonds is 4. The Bertz CT molecular complexity index is 588. The molecule has 1 aliphatic heterocycles. The first kappa shape index (κ1) is 14.6. The zero-order valence-electron chi connectivity index (χ0n) is 12.4. The maximum absolute atomic E-state index is 10.5. The van der Waals surface area contributed by atoms with Crippen LogP contribution in [-0.4, -0.2) is 42.8 Å². The molecule has 0 aliphatic carbocycles. The number of piperidine rings is 1. The van der Waals surface area contributed by atoms with Crippen LogP contribution >= 0.6 is 11.3 Å². The Labute approximate surface area is 128 Å². The van der Waals surface area contributed by atoms with Crippen LogP contribution in [0, 0.1) is 12.8 Å². The van der Waals surface area contributed by atoms with Crippen LogP contribution in [0.2, 0.25) is 0 Å². The first-order valence-corrected chi connectivity index (χ1v) is 8.12. The maximum atomic E-state index is 10.5. The molecule has 0 radical (unpaired) electrons. The van der Waals surface area contributed by atoms with E-state index in [1.807, 2.05) is 24.7 Å². The van der Waals surface area contributed by atoms with Crippen molar-refractivity contribution in [2.24, 2.45) is 13.0 Å². The molecule has 1 aliphatic rings. The van der Waals surface area contributed by atoms with Crippen molar-refractivity contribution < 1.29 is 5.11 Å². The van der Waals surface area contributed by atoms with E-state index >= 15 is 0 Å². The lowest BCUT2D eigenvalue weighted by atomic mass is 9.91. The van der Waals surface area contributed by atoms with Crippen LogP contribution in [0.25, 0.3) is 0 Å². The Morgan fingerprint density at radius 1 is 1.38 bits per heavy atom. The molecular weight excluding hydrogens is 286 g/mol. The number of aliphatic hydroxyl groups is 1. The Hall–Kier alpha value is -1.31. The van der Waals surface area contributed by atoms with Gasteiger partial charge in [0.25, 0.3) is 0 Å². The lowest BCUT2D eigenvalue weighted by Crippen LogP contribution is -2.35. The Kier molecular flexibility index (Phi) is 4.32. The van der Waals surface area contributed by atoms with Gasteiger partial charge in [0.05, 0.1) is 6.54 Å². The Morgan fingerprint density at radius 2 is 2.14 bits per heavy atom. The molecule has 0 spiro atoms. The van der Waals surface area contributed by atoms with Gasteiger partial charge in [-0.2, -0.15) is 0 Å². The highest BCUT2D eigenvalue weighted by Crippen LogP contribution is 2.30. The molecule has 1 N–H and O–H groups in total. The van der Waals surface area contributed by atoms with E-state index in [0.717, 1.165) is 48.3 Å². The second kappa shape index (κ2) is 6.21. The van der Waals surface area contributed by atoms with E-state index in [4.69, 9.17) is 0 Å². The van der Waals surface area contributed by atoms with Crippen molar-refractivity contribution in [2.45, 2.75) is 32.4 Å². The lowest BCUT2D eigenvalue weighted by molar-refractivity contribution is 0.0491. The maximum Gasteiger partial charge on any atom is 0.137 e. The molecule has 3 heterocycles. The van der Waals surface area contributed by atoms with E-state index in [2.05, 4.69) is 20.1 Å². The molecule has 3 rings (SSSR count). The predicted molar refractivity (Wildman–Crippen MR) is 80.8 cm³/mol. The van der Waals surface area contributed by atoms with Gasteiger partial charge in [0.1, 0.15) is 21.9 Å². The van der Waals surface area contributed by atoms with Crippen LogP contribution in [0.4, 0.5) is 0 Å². The summed E-state index contributed by atoms with van der Waals surface area (Å²) in [4.78, 5) is 6.65. The van der Waals surface area contributed by atoms with E-state index in [-0.39, 0.29) is 0 Å². The molecule has 0 aromatic carbocycles. The van der Waals surface area contributed by atoms with Crippen LogP contribution < -0.4 is 0 Å². The van der Waals surface area contributed by atoms with Crippen LogP contribution in [0.15, 0.2) is 12.4 Å². The van der Waals surface area contributed by atoms with E-state index in [1.165, 1.54) is 0 Å². The van der Waals surface area contributed by atoms with Crippen LogP contribution in [0.1, 0.15) is 34.8 Å². The summed E-state index contributed by atoms with van der Waals surface area (Å²) in [6.07, 6.45) is 5.14. The number of imidazole rings is 1. The van der Waals surface area contributed by atoms with Gasteiger partial charge < -0.3 is 9.67 Å². The molecule has 0 unspecified atom stereocenters. The molecule has 0 saturated carbocycles. The van der Waals surface area contributed by atoms with Crippen molar-refractivity contribution in [1.29, 1.82) is 0 Å². The van der Waals surface area contributed by atoms with Crippen molar-refractivity contribution in [3.05, 3.63) is 28.2 Å². The quantitative estimate of drug-likeness (QED) is 0.928. The number of hydrogen-bond donors (Lipinski definition) is 1. The van der Waals surface area contributed by atoms with Crippen molar-refractivity contribution >= 4 is 11.3 Å². The first-order valence-electron chi connectivity index (χ1n) is 7.30. The molecule has 21 heavy (non-hydrogen) atoms. The van der Waals surface area contributed by atoms with Crippen LogP contribution in [-0.2, 0) is 13.6 Å². The molecule has 114 valence electrons. The van der Waals surface area contributed by atoms with Crippen LogP contribution in [0.5, 0.6) is 0 Å². The van der Waals surface area contributed by atoms with Crippen LogP contribution in [0.3, 0.4) is 0 Å². The fraction of sp³-hybridized carbons (Fsp3) is 0.643. The first-order chi connectivity index (χ1) is 10.1. The minimum absolute atomic E-state index is 0.290. The van der Waals surface area contributed by atoms with E-state index in [0.29, 0.717) is 5.92 Å². The number of aliphatic hydroxyl groups excluding tert-OH is 1. The second-order valence-corrected chi connectivity index (χ2v) is 6.94. The standard InChI is InChI=1S/C14H21N5OS/c1-10-16-17-12(21-10)9-19-6-3-11(4-7-19)13(20)14-15-5-8-18(14)2/h5,8,11,13,20H,3-4,6-7,9H2,1-2H3/t13-/m0/s1. The van der Waals surface area contributed by atoms with Gasteiger partial charge in [-0.3, -0.25) is 4.90 Å². The zero-order chi connectivity index (χ0) is 14.8. The van der Waals surface area contributed by atoms with E-state index in [9.17, 15) is 5.11 Å². The summed E-state index contributed by atoms with van der Waals surface area (Å²) in [5, 5.41) is 20.8. The van der Waals surface area contributed by atoms with Crippen molar-refractivity contribution in [3.8, 4) is 0 Å². The molecule has 2 aromatic rings. The summed E-state index contributed by atoms with van der Waals surface area (Å²) >= 11 is 1.66.